The molecule has 0 aromatic carbocycles. The van der Waals surface area contributed by atoms with E-state index in [2.05, 4.69) is 6.92 Å². The molecule has 0 radical (unpaired) electrons. The van der Waals surface area contributed by atoms with Crippen LogP contribution in [0, 0.1) is 0 Å². The zero-order valence-corrected chi connectivity index (χ0v) is 10.1. The molecule has 0 unspecified atom stereocenters. The van der Waals surface area contributed by atoms with Crippen LogP contribution in [0.25, 0.3) is 0 Å². The van der Waals surface area contributed by atoms with Crippen molar-refractivity contribution in [3.63, 3.8) is 0 Å². The van der Waals surface area contributed by atoms with Gasteiger partial charge in [0.05, 0.1) is 0 Å². The van der Waals surface area contributed by atoms with Gasteiger partial charge in [-0.3, -0.25) is 0 Å². The lowest BCUT2D eigenvalue weighted by atomic mass is 10.2. The maximum Gasteiger partial charge on any atom is 0.341 e. The molecule has 0 aliphatic rings. The highest BCUT2D eigenvalue weighted by molar-refractivity contribution is 7.64. The Hall–Kier alpha value is 1.09. The molecule has 0 rings (SSSR count). The zero-order chi connectivity index (χ0) is 8.74. The van der Waals surface area contributed by atoms with Crippen molar-refractivity contribution in [2.45, 2.75) is 45.1 Å². The molecular formula is C7H15Cl3Si. The Morgan fingerprint density at radius 1 is 0.909 bits per heavy atom. The molecule has 0 nitrogen and oxygen atoms in total. The Morgan fingerprint density at radius 2 is 1.45 bits per heavy atom. The maximum atomic E-state index is 5.72. The minimum atomic E-state index is -2.30. The van der Waals surface area contributed by atoms with Gasteiger partial charge in [-0.05, 0) is 6.04 Å². The lowest BCUT2D eigenvalue weighted by molar-refractivity contribution is 0.655. The number of halogens is 3. The fourth-order valence-electron chi connectivity index (χ4n) is 0.929. The van der Waals surface area contributed by atoms with Crippen LogP contribution in [0.2, 0.25) is 6.04 Å². The maximum absolute atomic E-state index is 5.72. The largest absolute Gasteiger partial charge is 0.341 e. The Kier molecular flexibility index (Phi) is 7.24. The van der Waals surface area contributed by atoms with Gasteiger partial charge in [0.25, 0.3) is 0 Å². The number of unbranched alkanes of at least 4 members (excludes halogenated alkanes) is 4. The first kappa shape index (κ1) is 12.1. The van der Waals surface area contributed by atoms with Crippen molar-refractivity contribution < 1.29 is 0 Å². The Bertz CT molecular complexity index is 90.2. The topological polar surface area (TPSA) is 0 Å². The summed E-state index contributed by atoms with van der Waals surface area (Å²) in [5, 5.41) is 0. The molecule has 0 bridgehead atoms. The summed E-state index contributed by atoms with van der Waals surface area (Å²) in [5.74, 6) is 0. The smallest absolute Gasteiger partial charge is 0.126 e. The second-order valence-corrected chi connectivity index (χ2v) is 12.1. The molecule has 0 spiro atoms. The van der Waals surface area contributed by atoms with E-state index in [4.69, 9.17) is 33.2 Å². The molecule has 68 valence electrons. The van der Waals surface area contributed by atoms with Crippen LogP contribution in [0.5, 0.6) is 0 Å². The fourth-order valence-corrected chi connectivity index (χ4v) is 2.78. The van der Waals surface area contributed by atoms with Gasteiger partial charge in [-0.15, -0.1) is 33.2 Å². The Morgan fingerprint density at radius 3 is 1.91 bits per heavy atom. The van der Waals surface area contributed by atoms with E-state index in [1.807, 2.05) is 0 Å². The molecule has 4 heteroatoms. The molecule has 0 N–H and O–H groups in total. The van der Waals surface area contributed by atoms with E-state index < -0.39 is 6.00 Å². The summed E-state index contributed by atoms with van der Waals surface area (Å²) in [7, 11) is 0. The van der Waals surface area contributed by atoms with E-state index in [0.29, 0.717) is 0 Å². The quantitative estimate of drug-likeness (QED) is 0.357. The highest BCUT2D eigenvalue weighted by Crippen LogP contribution is 2.27. The van der Waals surface area contributed by atoms with Gasteiger partial charge < -0.3 is 0 Å². The monoisotopic (exact) mass is 232 g/mol. The third-order valence-corrected chi connectivity index (χ3v) is 4.19. The Balaban J connectivity index is 3.02. The minimum absolute atomic E-state index is 0.821. The van der Waals surface area contributed by atoms with Crippen molar-refractivity contribution in [1.82, 2.24) is 0 Å². The van der Waals surface area contributed by atoms with Crippen molar-refractivity contribution >= 4 is 39.2 Å². The average Bonchev–Trinajstić information content (AvgIpc) is 1.85. The van der Waals surface area contributed by atoms with E-state index in [9.17, 15) is 0 Å². The van der Waals surface area contributed by atoms with Crippen molar-refractivity contribution in [3.05, 3.63) is 0 Å². The first-order valence-corrected chi connectivity index (χ1v) is 9.37. The van der Waals surface area contributed by atoms with Crippen molar-refractivity contribution in [1.29, 1.82) is 0 Å². The van der Waals surface area contributed by atoms with Crippen LogP contribution in [-0.4, -0.2) is 6.00 Å². The average molecular weight is 234 g/mol. The van der Waals surface area contributed by atoms with Crippen molar-refractivity contribution in [3.8, 4) is 0 Å². The van der Waals surface area contributed by atoms with Crippen LogP contribution in [0.1, 0.15) is 39.0 Å². The standard InChI is InChI=1S/C7H15Cl3Si/c1-2-3-4-5-6-7-11(8,9)10/h2-7H2,1H3. The normalized spacial score (nSPS) is 12.0. The molecule has 0 saturated heterocycles. The summed E-state index contributed by atoms with van der Waals surface area (Å²) in [6, 6.07) is -1.48. The van der Waals surface area contributed by atoms with Crippen molar-refractivity contribution in [2.75, 3.05) is 0 Å². The van der Waals surface area contributed by atoms with Crippen LogP contribution in [0.4, 0.5) is 0 Å². The number of hydrogen-bond acceptors (Lipinski definition) is 0. The molecule has 0 aliphatic carbocycles. The van der Waals surface area contributed by atoms with Gasteiger partial charge in [0.15, 0.2) is 0 Å². The molecular weight excluding hydrogens is 219 g/mol. The first-order chi connectivity index (χ1) is 5.06. The van der Waals surface area contributed by atoms with E-state index >= 15 is 0 Å². The first-order valence-electron chi connectivity index (χ1n) is 4.13. The highest BCUT2D eigenvalue weighted by Gasteiger charge is 2.23. The van der Waals surface area contributed by atoms with E-state index in [0.717, 1.165) is 12.5 Å². The van der Waals surface area contributed by atoms with Gasteiger partial charge >= 0.3 is 6.00 Å². The molecule has 0 aromatic rings. The predicted molar refractivity (Wildman–Crippen MR) is 56.9 cm³/mol. The van der Waals surface area contributed by atoms with Crippen LogP contribution in [0.15, 0.2) is 0 Å². The molecule has 0 aliphatic heterocycles. The minimum Gasteiger partial charge on any atom is -0.126 e. The molecule has 11 heavy (non-hydrogen) atoms. The van der Waals surface area contributed by atoms with Crippen LogP contribution < -0.4 is 0 Å². The number of hydrogen-bond donors (Lipinski definition) is 0. The van der Waals surface area contributed by atoms with Crippen molar-refractivity contribution in [2.24, 2.45) is 0 Å². The second-order valence-electron chi connectivity index (χ2n) is 2.78. The van der Waals surface area contributed by atoms with Gasteiger partial charge in [-0.25, -0.2) is 0 Å². The van der Waals surface area contributed by atoms with E-state index in [1.165, 1.54) is 25.7 Å². The van der Waals surface area contributed by atoms with E-state index in [1.54, 1.807) is 0 Å². The summed E-state index contributed by atoms with van der Waals surface area (Å²) < 4.78 is 0. The Labute approximate surface area is 84.3 Å². The van der Waals surface area contributed by atoms with Gasteiger partial charge in [-0.2, -0.15) is 0 Å². The zero-order valence-electron chi connectivity index (χ0n) is 6.88. The summed E-state index contributed by atoms with van der Waals surface area (Å²) in [6.45, 7) is 2.20. The molecule has 0 atom stereocenters. The van der Waals surface area contributed by atoms with Gasteiger partial charge in [0.1, 0.15) is 0 Å². The summed E-state index contributed by atoms with van der Waals surface area (Å²) in [5.41, 5.74) is 0. The SMILES string of the molecule is CCCCCCC[Si](Cl)(Cl)Cl. The van der Waals surface area contributed by atoms with Crippen LogP contribution in [0.3, 0.4) is 0 Å². The summed E-state index contributed by atoms with van der Waals surface area (Å²) in [6.07, 6.45) is 6.16. The second kappa shape index (κ2) is 6.59. The van der Waals surface area contributed by atoms with Crippen LogP contribution in [-0.2, 0) is 0 Å². The number of rotatable bonds is 6. The van der Waals surface area contributed by atoms with Gasteiger partial charge in [0, 0.05) is 0 Å². The van der Waals surface area contributed by atoms with Gasteiger partial charge in [0.2, 0.25) is 0 Å². The van der Waals surface area contributed by atoms with Crippen LogP contribution >= 0.6 is 33.2 Å². The predicted octanol–water partition coefficient (Wildman–Crippen LogP) is 4.61. The van der Waals surface area contributed by atoms with E-state index in [-0.39, 0.29) is 0 Å². The summed E-state index contributed by atoms with van der Waals surface area (Å²) in [4.78, 5) is 0. The summed E-state index contributed by atoms with van der Waals surface area (Å²) >= 11 is 17.1. The highest BCUT2D eigenvalue weighted by atomic mass is 35.8. The molecule has 0 saturated carbocycles. The molecule has 0 amide bonds. The molecule has 0 fully saturated rings. The third kappa shape index (κ3) is 11.1. The van der Waals surface area contributed by atoms with Gasteiger partial charge in [-0.1, -0.05) is 39.0 Å². The molecule has 0 heterocycles. The lowest BCUT2D eigenvalue weighted by Crippen LogP contribution is -2.07. The fraction of sp³-hybridized carbons (Fsp3) is 1.00. The third-order valence-electron chi connectivity index (χ3n) is 1.56. The lowest BCUT2D eigenvalue weighted by Gasteiger charge is -2.05. The molecule has 0 aromatic heterocycles.